The molecule has 0 aliphatic carbocycles. The number of nitrogen functional groups attached to an aromatic ring is 1. The minimum atomic E-state index is 0.0195. The third-order valence-electron chi connectivity index (χ3n) is 2.63. The van der Waals surface area contributed by atoms with Crippen LogP contribution in [0.15, 0.2) is 48.5 Å². The highest BCUT2D eigenvalue weighted by atomic mass is 16.5. The molecule has 2 aromatic rings. The van der Waals surface area contributed by atoms with Crippen LogP contribution < -0.4 is 10.5 Å². The predicted molar refractivity (Wildman–Crippen MR) is 72.0 cm³/mol. The number of para-hydroxylation sites is 1. The van der Waals surface area contributed by atoms with Crippen LogP contribution in [0.3, 0.4) is 0 Å². The lowest BCUT2D eigenvalue weighted by atomic mass is 10.1. The molecule has 3 nitrogen and oxygen atoms in total. The molecular weight excluding hydrogens is 226 g/mol. The topological polar surface area (TPSA) is 52.3 Å². The summed E-state index contributed by atoms with van der Waals surface area (Å²) in [7, 11) is 0. The maximum absolute atomic E-state index is 11.7. The summed E-state index contributed by atoms with van der Waals surface area (Å²) in [5, 5.41) is 0. The van der Waals surface area contributed by atoms with Crippen LogP contribution in [0.4, 0.5) is 5.69 Å². The number of rotatable bonds is 4. The highest BCUT2D eigenvalue weighted by Crippen LogP contribution is 2.25. The molecule has 0 aliphatic rings. The number of carbonyl (C=O) groups excluding carboxylic acids is 1. The summed E-state index contributed by atoms with van der Waals surface area (Å²) >= 11 is 0. The van der Waals surface area contributed by atoms with Crippen molar-refractivity contribution in [2.45, 2.75) is 13.3 Å². The van der Waals surface area contributed by atoms with Crippen LogP contribution in [0.2, 0.25) is 0 Å². The third kappa shape index (κ3) is 2.69. The van der Waals surface area contributed by atoms with Gasteiger partial charge >= 0.3 is 0 Å². The maximum Gasteiger partial charge on any atom is 0.164 e. The Balaban J connectivity index is 2.27. The first-order chi connectivity index (χ1) is 8.70. The second-order valence-electron chi connectivity index (χ2n) is 3.94. The number of ether oxygens (including phenoxy) is 1. The Hall–Kier alpha value is -2.29. The second-order valence-corrected chi connectivity index (χ2v) is 3.94. The Morgan fingerprint density at radius 1 is 1.11 bits per heavy atom. The molecule has 0 heterocycles. The van der Waals surface area contributed by atoms with Gasteiger partial charge in [0.05, 0.1) is 0 Å². The van der Waals surface area contributed by atoms with Gasteiger partial charge in [0.25, 0.3) is 0 Å². The van der Waals surface area contributed by atoms with Crippen molar-refractivity contribution in [3.05, 3.63) is 54.1 Å². The van der Waals surface area contributed by atoms with E-state index in [2.05, 4.69) is 0 Å². The molecule has 92 valence electrons. The Labute approximate surface area is 106 Å². The monoisotopic (exact) mass is 241 g/mol. The summed E-state index contributed by atoms with van der Waals surface area (Å²) < 4.78 is 5.66. The fraction of sp³-hybridized carbons (Fsp3) is 0.133. The van der Waals surface area contributed by atoms with Gasteiger partial charge < -0.3 is 10.5 Å². The average Bonchev–Trinajstić information content (AvgIpc) is 2.41. The van der Waals surface area contributed by atoms with E-state index in [4.69, 9.17) is 10.5 Å². The van der Waals surface area contributed by atoms with Crippen molar-refractivity contribution in [1.82, 2.24) is 0 Å². The van der Waals surface area contributed by atoms with E-state index >= 15 is 0 Å². The molecule has 0 radical (unpaired) electrons. The van der Waals surface area contributed by atoms with Crippen LogP contribution in [0, 0.1) is 0 Å². The fourth-order valence-electron chi connectivity index (χ4n) is 1.66. The normalized spacial score (nSPS) is 10.1. The second kappa shape index (κ2) is 5.36. The van der Waals surface area contributed by atoms with Gasteiger partial charge in [-0.1, -0.05) is 25.1 Å². The molecule has 2 N–H and O–H groups in total. The summed E-state index contributed by atoms with van der Waals surface area (Å²) in [6, 6.07) is 14.6. The Morgan fingerprint density at radius 2 is 1.83 bits per heavy atom. The largest absolute Gasteiger partial charge is 0.457 e. The van der Waals surface area contributed by atoms with Crippen molar-refractivity contribution in [3.8, 4) is 11.5 Å². The number of benzene rings is 2. The van der Waals surface area contributed by atoms with Crippen LogP contribution >= 0.6 is 0 Å². The Kier molecular flexibility index (Phi) is 3.63. The van der Waals surface area contributed by atoms with E-state index in [0.717, 1.165) is 5.75 Å². The summed E-state index contributed by atoms with van der Waals surface area (Å²) in [6.07, 6.45) is 0.430. The lowest BCUT2D eigenvalue weighted by Crippen LogP contribution is -2.02. The van der Waals surface area contributed by atoms with Crippen molar-refractivity contribution in [2.75, 3.05) is 5.73 Å². The van der Waals surface area contributed by atoms with Crippen molar-refractivity contribution in [3.63, 3.8) is 0 Å². The molecule has 0 unspecified atom stereocenters. The predicted octanol–water partition coefficient (Wildman–Crippen LogP) is 3.65. The number of Topliss-reactive ketones (excluding diaryl/α,β-unsaturated/α-hetero) is 1. The quantitative estimate of drug-likeness (QED) is 0.656. The van der Waals surface area contributed by atoms with Gasteiger partial charge in [0.2, 0.25) is 0 Å². The van der Waals surface area contributed by atoms with E-state index in [9.17, 15) is 4.79 Å². The average molecular weight is 241 g/mol. The molecule has 2 aromatic carbocycles. The number of anilines is 1. The maximum atomic E-state index is 11.7. The SMILES string of the molecule is CCC(=O)c1cc(Oc2ccccc2)ccc1N. The Morgan fingerprint density at radius 3 is 2.50 bits per heavy atom. The van der Waals surface area contributed by atoms with Gasteiger partial charge in [-0.25, -0.2) is 0 Å². The van der Waals surface area contributed by atoms with Gasteiger partial charge in [-0.3, -0.25) is 4.79 Å². The zero-order valence-corrected chi connectivity index (χ0v) is 10.2. The smallest absolute Gasteiger partial charge is 0.164 e. The highest BCUT2D eigenvalue weighted by molar-refractivity contribution is 6.00. The summed E-state index contributed by atoms with van der Waals surface area (Å²) in [6.45, 7) is 1.81. The fourth-order valence-corrected chi connectivity index (χ4v) is 1.66. The molecule has 0 saturated heterocycles. The zero-order chi connectivity index (χ0) is 13.0. The lowest BCUT2D eigenvalue weighted by Gasteiger charge is -2.08. The summed E-state index contributed by atoms with van der Waals surface area (Å²) in [5.41, 5.74) is 6.79. The molecule has 0 amide bonds. The minimum Gasteiger partial charge on any atom is -0.457 e. The van der Waals surface area contributed by atoms with Gasteiger partial charge in [-0.05, 0) is 30.3 Å². The number of nitrogens with two attached hydrogens (primary N) is 1. The molecule has 0 fully saturated rings. The molecule has 0 spiro atoms. The van der Waals surface area contributed by atoms with Gasteiger partial charge in [-0.15, -0.1) is 0 Å². The van der Waals surface area contributed by atoms with Crippen LogP contribution in [0.5, 0.6) is 11.5 Å². The van der Waals surface area contributed by atoms with E-state index in [0.29, 0.717) is 23.4 Å². The number of hydrogen-bond donors (Lipinski definition) is 1. The van der Waals surface area contributed by atoms with E-state index in [1.807, 2.05) is 37.3 Å². The standard InChI is InChI=1S/C15H15NO2/c1-2-15(17)13-10-12(8-9-14(13)16)18-11-6-4-3-5-7-11/h3-10H,2,16H2,1H3. The summed E-state index contributed by atoms with van der Waals surface area (Å²) in [4.78, 5) is 11.7. The van der Waals surface area contributed by atoms with Gasteiger partial charge in [0, 0.05) is 17.7 Å². The zero-order valence-electron chi connectivity index (χ0n) is 10.2. The van der Waals surface area contributed by atoms with E-state index < -0.39 is 0 Å². The molecule has 0 saturated carbocycles. The molecule has 2 rings (SSSR count). The summed E-state index contributed by atoms with van der Waals surface area (Å²) in [5.74, 6) is 1.37. The molecule has 3 heteroatoms. The number of carbonyl (C=O) groups is 1. The van der Waals surface area contributed by atoms with Crippen molar-refractivity contribution in [2.24, 2.45) is 0 Å². The van der Waals surface area contributed by atoms with E-state index in [1.54, 1.807) is 18.2 Å². The van der Waals surface area contributed by atoms with Gasteiger partial charge in [0.1, 0.15) is 11.5 Å². The molecule has 0 aliphatic heterocycles. The van der Waals surface area contributed by atoms with Gasteiger partial charge in [0.15, 0.2) is 5.78 Å². The van der Waals surface area contributed by atoms with Crippen LogP contribution in [-0.2, 0) is 0 Å². The highest BCUT2D eigenvalue weighted by Gasteiger charge is 2.09. The van der Waals surface area contributed by atoms with Crippen LogP contribution in [0.1, 0.15) is 23.7 Å². The molecule has 0 aromatic heterocycles. The van der Waals surface area contributed by atoms with Crippen molar-refractivity contribution >= 4 is 11.5 Å². The first-order valence-electron chi connectivity index (χ1n) is 5.86. The number of hydrogen-bond acceptors (Lipinski definition) is 3. The lowest BCUT2D eigenvalue weighted by molar-refractivity contribution is 0.0988. The van der Waals surface area contributed by atoms with Crippen molar-refractivity contribution < 1.29 is 9.53 Å². The number of ketones is 1. The molecule has 0 atom stereocenters. The van der Waals surface area contributed by atoms with Gasteiger partial charge in [-0.2, -0.15) is 0 Å². The van der Waals surface area contributed by atoms with Crippen LogP contribution in [0.25, 0.3) is 0 Å². The third-order valence-corrected chi connectivity index (χ3v) is 2.63. The van der Waals surface area contributed by atoms with Crippen LogP contribution in [-0.4, -0.2) is 5.78 Å². The van der Waals surface area contributed by atoms with Crippen molar-refractivity contribution in [1.29, 1.82) is 0 Å². The molecule has 18 heavy (non-hydrogen) atoms. The first-order valence-corrected chi connectivity index (χ1v) is 5.86. The van der Waals surface area contributed by atoms with E-state index in [1.165, 1.54) is 0 Å². The molecular formula is C15H15NO2. The first kappa shape index (κ1) is 12.2. The van der Waals surface area contributed by atoms with E-state index in [-0.39, 0.29) is 5.78 Å². The Bertz CT molecular complexity index is 550. The molecule has 0 bridgehead atoms. The minimum absolute atomic E-state index is 0.0195.